The summed E-state index contributed by atoms with van der Waals surface area (Å²) in [6, 6.07) is 9.21. The highest BCUT2D eigenvalue weighted by atomic mass is 32.2. The van der Waals surface area contributed by atoms with Crippen LogP contribution in [-0.4, -0.2) is 20.9 Å². The highest BCUT2D eigenvalue weighted by Crippen LogP contribution is 2.37. The molecule has 2 aromatic carbocycles. The Kier molecular flexibility index (Phi) is 4.26. The van der Waals surface area contributed by atoms with E-state index in [1.165, 1.54) is 0 Å². The zero-order valence-electron chi connectivity index (χ0n) is 15.9. The average Bonchev–Trinajstić information content (AvgIpc) is 3.32. The Morgan fingerprint density at radius 3 is 2.37 bits per heavy atom. The van der Waals surface area contributed by atoms with Gasteiger partial charge in [-0.2, -0.15) is 0 Å². The third-order valence-corrected chi connectivity index (χ3v) is 6.98. The summed E-state index contributed by atoms with van der Waals surface area (Å²) in [5.74, 6) is 0.384. The van der Waals surface area contributed by atoms with E-state index in [1.54, 1.807) is 6.07 Å². The number of hydrogen-bond donors (Lipinski definition) is 1. The molecule has 142 valence electrons. The second kappa shape index (κ2) is 6.37. The second-order valence-corrected chi connectivity index (χ2v) is 9.31. The lowest BCUT2D eigenvalue weighted by atomic mass is 10.1. The predicted octanol–water partition coefficient (Wildman–Crippen LogP) is 3.71. The first-order valence-corrected chi connectivity index (χ1v) is 10.8. The molecule has 5 nitrogen and oxygen atoms in total. The van der Waals surface area contributed by atoms with Crippen LogP contribution in [0.15, 0.2) is 35.2 Å². The van der Waals surface area contributed by atoms with Crippen molar-refractivity contribution in [1.82, 2.24) is 0 Å². The van der Waals surface area contributed by atoms with E-state index in [1.807, 2.05) is 49.9 Å². The Morgan fingerprint density at radius 2 is 1.74 bits per heavy atom. The van der Waals surface area contributed by atoms with Crippen LogP contribution in [0.4, 0.5) is 11.4 Å². The largest absolute Gasteiger partial charge is 0.312 e. The molecule has 2 aliphatic rings. The molecule has 0 unspecified atom stereocenters. The average molecular weight is 385 g/mol. The summed E-state index contributed by atoms with van der Waals surface area (Å²) in [7, 11) is -3.67. The Balaban J connectivity index is 1.61. The Bertz CT molecular complexity index is 1020. The number of nitrogens with zero attached hydrogens (tertiary/aromatic N) is 1. The van der Waals surface area contributed by atoms with E-state index in [4.69, 9.17) is 0 Å². The van der Waals surface area contributed by atoms with E-state index in [-0.39, 0.29) is 11.8 Å². The fourth-order valence-corrected chi connectivity index (χ4v) is 5.55. The first-order valence-electron chi connectivity index (χ1n) is 9.31. The molecule has 0 bridgehead atoms. The summed E-state index contributed by atoms with van der Waals surface area (Å²) in [6.45, 7) is 6.27. The number of carbonyl (C=O) groups excluding carboxylic acids is 1. The Hall–Kier alpha value is -2.34. The number of rotatable bonds is 4. The van der Waals surface area contributed by atoms with Crippen molar-refractivity contribution in [2.24, 2.45) is 5.92 Å². The molecule has 0 aromatic heterocycles. The number of fused-ring (bicyclic) bond motifs is 1. The molecule has 1 fully saturated rings. The van der Waals surface area contributed by atoms with E-state index >= 15 is 0 Å². The third-order valence-electron chi connectivity index (χ3n) is 5.29. The molecule has 2 aromatic rings. The van der Waals surface area contributed by atoms with E-state index in [0.717, 1.165) is 47.2 Å². The molecule has 1 N–H and O–H groups in total. The first-order chi connectivity index (χ1) is 12.8. The van der Waals surface area contributed by atoms with Crippen molar-refractivity contribution < 1.29 is 13.2 Å². The summed E-state index contributed by atoms with van der Waals surface area (Å²) < 4.78 is 28.6. The fourth-order valence-electron chi connectivity index (χ4n) is 4.04. The zero-order valence-corrected chi connectivity index (χ0v) is 16.7. The van der Waals surface area contributed by atoms with Crippen LogP contribution in [0.3, 0.4) is 0 Å². The van der Waals surface area contributed by atoms with Gasteiger partial charge >= 0.3 is 0 Å². The highest BCUT2D eigenvalue weighted by Gasteiger charge is 2.36. The molecule has 27 heavy (non-hydrogen) atoms. The predicted molar refractivity (Wildman–Crippen MR) is 107 cm³/mol. The van der Waals surface area contributed by atoms with Gasteiger partial charge in [0.2, 0.25) is 5.91 Å². The van der Waals surface area contributed by atoms with Crippen LogP contribution in [0.2, 0.25) is 0 Å². The van der Waals surface area contributed by atoms with Crippen molar-refractivity contribution in [3.63, 3.8) is 0 Å². The van der Waals surface area contributed by atoms with Gasteiger partial charge in [-0.3, -0.25) is 9.52 Å². The van der Waals surface area contributed by atoms with E-state index in [2.05, 4.69) is 4.72 Å². The molecule has 0 saturated heterocycles. The number of hydrogen-bond acceptors (Lipinski definition) is 3. The van der Waals surface area contributed by atoms with Gasteiger partial charge in [0.05, 0.1) is 4.90 Å². The van der Waals surface area contributed by atoms with Gasteiger partial charge in [-0.1, -0.05) is 17.7 Å². The van der Waals surface area contributed by atoms with Crippen LogP contribution >= 0.6 is 0 Å². The van der Waals surface area contributed by atoms with Crippen LogP contribution in [-0.2, 0) is 21.2 Å². The molecule has 1 aliphatic heterocycles. The van der Waals surface area contributed by atoms with Gasteiger partial charge in [-0.05, 0) is 74.9 Å². The van der Waals surface area contributed by atoms with Crippen LogP contribution in [0.25, 0.3) is 0 Å². The van der Waals surface area contributed by atoms with Gasteiger partial charge in [0.1, 0.15) is 0 Å². The standard InChI is InChI=1S/C21H24N2O3S/c1-13-10-14(2)20(15(3)11-13)27(25,26)22-18-6-7-19-17(12-18)8-9-23(19)21(24)16-4-5-16/h6-7,10-12,16,22H,4-5,8-9H2,1-3H3. The Labute approximate surface area is 160 Å². The lowest BCUT2D eigenvalue weighted by molar-refractivity contribution is -0.119. The first kappa shape index (κ1) is 18.0. The van der Waals surface area contributed by atoms with Crippen molar-refractivity contribution in [2.75, 3.05) is 16.2 Å². The molecule has 1 aliphatic carbocycles. The van der Waals surface area contributed by atoms with E-state index in [0.29, 0.717) is 17.1 Å². The van der Waals surface area contributed by atoms with Gasteiger partial charge in [0.25, 0.3) is 10.0 Å². The minimum atomic E-state index is -3.67. The molecule has 0 spiro atoms. The number of amides is 1. The second-order valence-electron chi connectivity index (χ2n) is 7.69. The molecule has 4 rings (SSSR count). The maximum absolute atomic E-state index is 12.9. The fraction of sp³-hybridized carbons (Fsp3) is 0.381. The summed E-state index contributed by atoms with van der Waals surface area (Å²) in [5, 5.41) is 0. The lowest BCUT2D eigenvalue weighted by Gasteiger charge is -2.18. The van der Waals surface area contributed by atoms with Crippen LogP contribution < -0.4 is 9.62 Å². The van der Waals surface area contributed by atoms with Gasteiger partial charge in [-0.15, -0.1) is 0 Å². The number of aryl methyl sites for hydroxylation is 3. The summed E-state index contributed by atoms with van der Waals surface area (Å²) in [4.78, 5) is 14.6. The summed E-state index contributed by atoms with van der Waals surface area (Å²) >= 11 is 0. The lowest BCUT2D eigenvalue weighted by Crippen LogP contribution is -2.30. The van der Waals surface area contributed by atoms with Crippen LogP contribution in [0.5, 0.6) is 0 Å². The molecular formula is C21H24N2O3S. The number of carbonyl (C=O) groups is 1. The molecule has 0 atom stereocenters. The number of anilines is 2. The van der Waals surface area contributed by atoms with Crippen molar-refractivity contribution in [3.8, 4) is 0 Å². The minimum Gasteiger partial charge on any atom is -0.312 e. The number of sulfonamides is 1. The van der Waals surface area contributed by atoms with Crippen molar-refractivity contribution in [1.29, 1.82) is 0 Å². The van der Waals surface area contributed by atoms with Crippen LogP contribution in [0, 0.1) is 26.7 Å². The molecule has 1 heterocycles. The van der Waals surface area contributed by atoms with Gasteiger partial charge in [0, 0.05) is 23.8 Å². The van der Waals surface area contributed by atoms with Crippen molar-refractivity contribution in [2.45, 2.75) is 44.9 Å². The van der Waals surface area contributed by atoms with Crippen molar-refractivity contribution >= 4 is 27.3 Å². The minimum absolute atomic E-state index is 0.182. The molecule has 1 amide bonds. The quantitative estimate of drug-likeness (QED) is 0.874. The topological polar surface area (TPSA) is 66.5 Å². The normalized spacial score (nSPS) is 16.3. The zero-order chi connectivity index (χ0) is 19.3. The SMILES string of the molecule is Cc1cc(C)c(S(=O)(=O)Nc2ccc3c(c2)CCN3C(=O)C2CC2)c(C)c1. The summed E-state index contributed by atoms with van der Waals surface area (Å²) in [6.07, 6.45) is 2.72. The molecular weight excluding hydrogens is 360 g/mol. The number of nitrogens with one attached hydrogen (secondary N) is 1. The van der Waals surface area contributed by atoms with Gasteiger partial charge in [0.15, 0.2) is 0 Å². The van der Waals surface area contributed by atoms with Gasteiger partial charge in [-0.25, -0.2) is 8.42 Å². The monoisotopic (exact) mass is 384 g/mol. The van der Waals surface area contributed by atoms with Crippen molar-refractivity contribution in [3.05, 3.63) is 52.6 Å². The summed E-state index contributed by atoms with van der Waals surface area (Å²) in [5.41, 5.74) is 4.99. The maximum Gasteiger partial charge on any atom is 0.262 e. The van der Waals surface area contributed by atoms with Gasteiger partial charge < -0.3 is 4.90 Å². The highest BCUT2D eigenvalue weighted by molar-refractivity contribution is 7.92. The van der Waals surface area contributed by atoms with E-state index < -0.39 is 10.0 Å². The third kappa shape index (κ3) is 3.34. The molecule has 1 saturated carbocycles. The van der Waals surface area contributed by atoms with E-state index in [9.17, 15) is 13.2 Å². The Morgan fingerprint density at radius 1 is 1.07 bits per heavy atom. The molecule has 0 radical (unpaired) electrons. The maximum atomic E-state index is 12.9. The van der Waals surface area contributed by atoms with Crippen LogP contribution in [0.1, 0.15) is 35.1 Å². The molecule has 6 heteroatoms. The number of benzene rings is 2. The smallest absolute Gasteiger partial charge is 0.262 e.